The van der Waals surface area contributed by atoms with Crippen molar-refractivity contribution in [1.29, 1.82) is 0 Å². The summed E-state index contributed by atoms with van der Waals surface area (Å²) < 4.78 is 0. The molecular formula is C13H14N2O3. The quantitative estimate of drug-likeness (QED) is 0.693. The van der Waals surface area contributed by atoms with Gasteiger partial charge in [0.05, 0.1) is 11.4 Å². The van der Waals surface area contributed by atoms with E-state index in [0.29, 0.717) is 11.4 Å². The Bertz CT molecular complexity index is 539. The molecule has 1 aliphatic rings. The number of benzene rings is 1. The Balaban J connectivity index is 2.66. The van der Waals surface area contributed by atoms with Crippen molar-refractivity contribution in [1.82, 2.24) is 0 Å². The molecular weight excluding hydrogens is 232 g/mol. The molecule has 5 nitrogen and oxygen atoms in total. The first kappa shape index (κ1) is 12.3. The van der Waals surface area contributed by atoms with Gasteiger partial charge in [-0.3, -0.25) is 19.3 Å². The van der Waals surface area contributed by atoms with E-state index >= 15 is 0 Å². The molecule has 1 aromatic carbocycles. The summed E-state index contributed by atoms with van der Waals surface area (Å²) >= 11 is 0. The lowest BCUT2D eigenvalue weighted by Gasteiger charge is -2.38. The molecule has 0 radical (unpaired) electrons. The molecule has 0 saturated carbocycles. The van der Waals surface area contributed by atoms with Crippen LogP contribution in [0.25, 0.3) is 0 Å². The molecule has 1 aromatic rings. The van der Waals surface area contributed by atoms with E-state index in [4.69, 9.17) is 0 Å². The Morgan fingerprint density at radius 2 is 1.61 bits per heavy atom. The third-order valence-electron chi connectivity index (χ3n) is 3.00. The Labute approximate surface area is 105 Å². The first-order valence-electron chi connectivity index (χ1n) is 5.68. The fraction of sp³-hybridized carbons (Fsp3) is 0.308. The van der Waals surface area contributed by atoms with Gasteiger partial charge in [0.25, 0.3) is 5.91 Å². The maximum atomic E-state index is 12.2. The lowest BCUT2D eigenvalue weighted by Crippen LogP contribution is -2.55. The Morgan fingerprint density at radius 3 is 2.11 bits per heavy atom. The van der Waals surface area contributed by atoms with Crippen LogP contribution >= 0.6 is 0 Å². The van der Waals surface area contributed by atoms with Gasteiger partial charge in [0.15, 0.2) is 0 Å². The number of hydrogen-bond acceptors (Lipinski definition) is 3. The number of carbonyl (C=O) groups excluding carboxylic acids is 3. The minimum Gasteiger partial charge on any atom is -0.298 e. The molecule has 1 heterocycles. The SMILES string of the molecule is CC(=O)N1C(=O)C(C)N(C(C)=O)c2ccccc21. The summed E-state index contributed by atoms with van der Waals surface area (Å²) in [7, 11) is 0. The van der Waals surface area contributed by atoms with Gasteiger partial charge in [-0.2, -0.15) is 0 Å². The summed E-state index contributed by atoms with van der Waals surface area (Å²) in [4.78, 5) is 38.0. The highest BCUT2D eigenvalue weighted by molar-refractivity contribution is 6.23. The van der Waals surface area contributed by atoms with Crippen molar-refractivity contribution in [3.05, 3.63) is 24.3 Å². The monoisotopic (exact) mass is 246 g/mol. The number of imide groups is 1. The summed E-state index contributed by atoms with van der Waals surface area (Å²) in [6, 6.07) is 6.24. The summed E-state index contributed by atoms with van der Waals surface area (Å²) in [6.45, 7) is 4.37. The maximum Gasteiger partial charge on any atom is 0.256 e. The average Bonchev–Trinajstić information content (AvgIpc) is 2.29. The van der Waals surface area contributed by atoms with Crippen LogP contribution in [0.1, 0.15) is 20.8 Å². The van der Waals surface area contributed by atoms with E-state index in [1.807, 2.05) is 0 Å². The van der Waals surface area contributed by atoms with Crippen LogP contribution in [0, 0.1) is 0 Å². The molecule has 0 aromatic heterocycles. The van der Waals surface area contributed by atoms with Crippen LogP contribution in [-0.4, -0.2) is 23.8 Å². The van der Waals surface area contributed by atoms with Crippen molar-refractivity contribution in [2.45, 2.75) is 26.8 Å². The van der Waals surface area contributed by atoms with Gasteiger partial charge < -0.3 is 0 Å². The van der Waals surface area contributed by atoms with Crippen molar-refractivity contribution in [2.75, 3.05) is 9.80 Å². The summed E-state index contributed by atoms with van der Waals surface area (Å²) in [5, 5.41) is 0. The van der Waals surface area contributed by atoms with Crippen LogP contribution in [0.2, 0.25) is 0 Å². The molecule has 5 heteroatoms. The van der Waals surface area contributed by atoms with E-state index in [2.05, 4.69) is 0 Å². The van der Waals surface area contributed by atoms with E-state index in [9.17, 15) is 14.4 Å². The second-order valence-corrected chi connectivity index (χ2v) is 4.25. The van der Waals surface area contributed by atoms with Crippen molar-refractivity contribution >= 4 is 29.1 Å². The van der Waals surface area contributed by atoms with E-state index in [1.54, 1.807) is 31.2 Å². The van der Waals surface area contributed by atoms with Crippen LogP contribution in [0.5, 0.6) is 0 Å². The third-order valence-corrected chi connectivity index (χ3v) is 3.00. The molecule has 1 aliphatic heterocycles. The molecule has 0 saturated heterocycles. The molecule has 2 rings (SSSR count). The van der Waals surface area contributed by atoms with Gasteiger partial charge in [-0.05, 0) is 19.1 Å². The van der Waals surface area contributed by atoms with Crippen molar-refractivity contribution in [3.63, 3.8) is 0 Å². The number of amides is 3. The molecule has 18 heavy (non-hydrogen) atoms. The van der Waals surface area contributed by atoms with Crippen LogP contribution < -0.4 is 9.80 Å². The van der Waals surface area contributed by atoms with Crippen molar-refractivity contribution in [3.8, 4) is 0 Å². The fourth-order valence-corrected chi connectivity index (χ4v) is 2.25. The molecule has 94 valence electrons. The summed E-state index contributed by atoms with van der Waals surface area (Å²) in [5.74, 6) is -0.939. The zero-order valence-electron chi connectivity index (χ0n) is 10.5. The highest BCUT2D eigenvalue weighted by Crippen LogP contribution is 2.35. The third kappa shape index (κ3) is 1.68. The van der Waals surface area contributed by atoms with Crippen molar-refractivity contribution < 1.29 is 14.4 Å². The Kier molecular flexibility index (Phi) is 2.90. The number of anilines is 2. The second kappa shape index (κ2) is 4.25. The molecule has 0 aliphatic carbocycles. The molecule has 0 bridgehead atoms. The van der Waals surface area contributed by atoms with Crippen LogP contribution in [0.3, 0.4) is 0 Å². The standard InChI is InChI=1S/C13H14N2O3/c1-8-13(18)15(10(3)17)12-7-5-4-6-11(12)14(8)9(2)16/h4-8H,1-3H3. The molecule has 0 fully saturated rings. The molecule has 3 amide bonds. The highest BCUT2D eigenvalue weighted by Gasteiger charge is 2.38. The van der Waals surface area contributed by atoms with Gasteiger partial charge in [-0.15, -0.1) is 0 Å². The first-order chi connectivity index (χ1) is 8.45. The van der Waals surface area contributed by atoms with Gasteiger partial charge in [-0.25, -0.2) is 4.90 Å². The van der Waals surface area contributed by atoms with Gasteiger partial charge in [0, 0.05) is 13.8 Å². The van der Waals surface area contributed by atoms with E-state index in [-0.39, 0.29) is 17.7 Å². The molecule has 0 spiro atoms. The lowest BCUT2D eigenvalue weighted by atomic mass is 10.1. The molecule has 0 N–H and O–H groups in total. The van der Waals surface area contributed by atoms with Crippen LogP contribution in [-0.2, 0) is 14.4 Å². The van der Waals surface area contributed by atoms with Gasteiger partial charge in [0.2, 0.25) is 11.8 Å². The van der Waals surface area contributed by atoms with Crippen LogP contribution in [0.15, 0.2) is 24.3 Å². The lowest BCUT2D eigenvalue weighted by molar-refractivity contribution is -0.128. The second-order valence-electron chi connectivity index (χ2n) is 4.25. The summed E-state index contributed by atoms with van der Waals surface area (Å²) in [5.41, 5.74) is 1.05. The van der Waals surface area contributed by atoms with Gasteiger partial charge >= 0.3 is 0 Å². The summed E-state index contributed by atoms with van der Waals surface area (Å²) in [6.07, 6.45) is 0. The highest BCUT2D eigenvalue weighted by atomic mass is 16.2. The topological polar surface area (TPSA) is 57.7 Å². The zero-order chi connectivity index (χ0) is 13.4. The smallest absolute Gasteiger partial charge is 0.256 e. The number of rotatable bonds is 0. The largest absolute Gasteiger partial charge is 0.298 e. The minimum atomic E-state index is -0.665. The van der Waals surface area contributed by atoms with Crippen LogP contribution in [0.4, 0.5) is 11.4 Å². The minimum absolute atomic E-state index is 0.216. The number of carbonyl (C=O) groups is 3. The van der Waals surface area contributed by atoms with E-state index in [1.165, 1.54) is 18.7 Å². The Hall–Kier alpha value is -2.17. The predicted octanol–water partition coefficient (Wildman–Crippen LogP) is 1.32. The maximum absolute atomic E-state index is 12.2. The fourth-order valence-electron chi connectivity index (χ4n) is 2.25. The predicted molar refractivity (Wildman–Crippen MR) is 67.2 cm³/mol. The number of fused-ring (bicyclic) bond motifs is 1. The Morgan fingerprint density at radius 1 is 1.06 bits per heavy atom. The number of nitrogens with zero attached hydrogens (tertiary/aromatic N) is 2. The number of hydrogen-bond donors (Lipinski definition) is 0. The average molecular weight is 246 g/mol. The van der Waals surface area contributed by atoms with Crippen molar-refractivity contribution in [2.24, 2.45) is 0 Å². The van der Waals surface area contributed by atoms with E-state index in [0.717, 1.165) is 4.90 Å². The number of para-hydroxylation sites is 2. The molecule has 1 unspecified atom stereocenters. The zero-order valence-corrected chi connectivity index (χ0v) is 10.5. The first-order valence-corrected chi connectivity index (χ1v) is 5.68. The normalized spacial score (nSPS) is 18.6. The van der Waals surface area contributed by atoms with Gasteiger partial charge in [0.1, 0.15) is 6.04 Å². The van der Waals surface area contributed by atoms with Gasteiger partial charge in [-0.1, -0.05) is 12.1 Å². The van der Waals surface area contributed by atoms with E-state index < -0.39 is 6.04 Å². The molecule has 1 atom stereocenters.